The van der Waals surface area contributed by atoms with Gasteiger partial charge in [0.15, 0.2) is 5.13 Å². The van der Waals surface area contributed by atoms with Crippen molar-refractivity contribution in [2.45, 2.75) is 44.9 Å². The summed E-state index contributed by atoms with van der Waals surface area (Å²) in [5.74, 6) is 0.692. The van der Waals surface area contributed by atoms with Crippen LogP contribution < -0.4 is 9.80 Å². The molecule has 3 saturated heterocycles. The Hall–Kier alpha value is -4.05. The van der Waals surface area contributed by atoms with Gasteiger partial charge in [-0.1, -0.05) is 18.3 Å². The predicted octanol–water partition coefficient (Wildman–Crippen LogP) is 3.57. The van der Waals surface area contributed by atoms with Gasteiger partial charge in [0.1, 0.15) is 33.9 Å². The zero-order valence-electron chi connectivity index (χ0n) is 24.9. The van der Waals surface area contributed by atoms with Crippen molar-refractivity contribution in [3.63, 3.8) is 0 Å². The van der Waals surface area contributed by atoms with E-state index in [1.165, 1.54) is 23.5 Å². The number of carbonyl (C=O) groups is 1. The van der Waals surface area contributed by atoms with Crippen LogP contribution in [0.1, 0.15) is 29.5 Å². The molecule has 4 fully saturated rings. The number of aromatic nitrogens is 3. The number of pyridine rings is 1. The Morgan fingerprint density at radius 3 is 2.70 bits per heavy atom. The summed E-state index contributed by atoms with van der Waals surface area (Å²) in [5, 5.41) is 20.2. The van der Waals surface area contributed by atoms with E-state index in [1.54, 1.807) is 17.0 Å². The Labute approximate surface area is 258 Å². The minimum atomic E-state index is -0.379. The van der Waals surface area contributed by atoms with Gasteiger partial charge in [0, 0.05) is 56.4 Å². The average Bonchev–Trinajstić information content (AvgIpc) is 3.31. The van der Waals surface area contributed by atoms with E-state index in [1.807, 2.05) is 11.9 Å². The molecule has 1 unspecified atom stereocenters. The number of aryl methyl sites for hydroxylation is 2. The van der Waals surface area contributed by atoms with Crippen molar-refractivity contribution in [1.29, 1.82) is 5.26 Å². The van der Waals surface area contributed by atoms with Crippen molar-refractivity contribution < 1.29 is 14.3 Å². The second-order valence-electron chi connectivity index (χ2n) is 12.6. The van der Waals surface area contributed by atoms with E-state index in [9.17, 15) is 19.6 Å². The number of amides is 1. The predicted molar refractivity (Wildman–Crippen MR) is 166 cm³/mol. The van der Waals surface area contributed by atoms with Crippen LogP contribution in [0.15, 0.2) is 36.5 Å². The first kappa shape index (κ1) is 27.5. The lowest BCUT2D eigenvalue weighted by Crippen LogP contribution is -2.59. The van der Waals surface area contributed by atoms with Crippen LogP contribution in [0.4, 0.5) is 21.0 Å². The monoisotopic (exact) mass is 612 g/mol. The van der Waals surface area contributed by atoms with E-state index in [0.29, 0.717) is 53.0 Å². The number of likely N-dealkylation sites (tertiary alicyclic amines) is 2. The number of benzene rings is 1. The van der Waals surface area contributed by atoms with E-state index in [0.717, 1.165) is 54.3 Å². The minimum Gasteiger partial charge on any atom is -0.389 e. The van der Waals surface area contributed by atoms with Crippen LogP contribution in [-0.4, -0.2) is 93.1 Å². The second-order valence-corrected chi connectivity index (χ2v) is 13.6. The molecule has 44 heavy (non-hydrogen) atoms. The molecule has 0 radical (unpaired) electrons. The SMILES string of the molecule is CCc1nc2c(C)cc(N3C[C@]45C[C@H]4N(CC(=O)N4CC(O)C4)CC35)cn2c1N(C)c1nc(-c2ccc(F)cc2)c(C#N)s1. The number of halogens is 1. The summed E-state index contributed by atoms with van der Waals surface area (Å²) in [6, 6.07) is 11.4. The van der Waals surface area contributed by atoms with Gasteiger partial charge < -0.3 is 19.8 Å². The van der Waals surface area contributed by atoms with Crippen LogP contribution in [0.25, 0.3) is 16.9 Å². The summed E-state index contributed by atoms with van der Waals surface area (Å²) in [7, 11) is 1.95. The number of aliphatic hydroxyl groups is 1. The molecule has 226 valence electrons. The topological polar surface area (TPSA) is 104 Å². The molecule has 0 bridgehead atoms. The van der Waals surface area contributed by atoms with Gasteiger partial charge in [0.05, 0.1) is 30.1 Å². The van der Waals surface area contributed by atoms with E-state index in [4.69, 9.17) is 9.97 Å². The first-order valence-corrected chi connectivity index (χ1v) is 15.9. The summed E-state index contributed by atoms with van der Waals surface area (Å²) in [6.07, 6.45) is 3.65. The third-order valence-corrected chi connectivity index (χ3v) is 11.1. The molecule has 3 atom stereocenters. The molecule has 1 aromatic carbocycles. The maximum Gasteiger partial charge on any atom is 0.236 e. The number of hydrogen-bond donors (Lipinski definition) is 1. The molecule has 4 aliphatic rings. The van der Waals surface area contributed by atoms with Gasteiger partial charge in [0.25, 0.3) is 0 Å². The fourth-order valence-corrected chi connectivity index (χ4v) is 8.41. The van der Waals surface area contributed by atoms with Crippen LogP contribution in [0.2, 0.25) is 0 Å². The Morgan fingerprint density at radius 2 is 2.00 bits per heavy atom. The zero-order chi connectivity index (χ0) is 30.5. The molecule has 6 heterocycles. The number of β-amino-alcohol motifs (C(OH)–C–C–N with tert-alkyl or cyclic N) is 1. The second kappa shape index (κ2) is 9.72. The third kappa shape index (κ3) is 3.99. The number of piperidine rings is 1. The number of aliphatic hydroxyl groups excluding tert-OH is 1. The van der Waals surface area contributed by atoms with Gasteiger partial charge in [0.2, 0.25) is 5.91 Å². The van der Waals surface area contributed by atoms with E-state index < -0.39 is 0 Å². The molecule has 1 aliphatic carbocycles. The highest BCUT2D eigenvalue weighted by Gasteiger charge is 2.74. The maximum absolute atomic E-state index is 13.6. The molecular formula is C32H33FN8O2S. The highest BCUT2D eigenvalue weighted by Crippen LogP contribution is 2.65. The third-order valence-electron chi connectivity index (χ3n) is 10.0. The Balaban J connectivity index is 1.10. The normalized spacial score (nSPS) is 24.1. The van der Waals surface area contributed by atoms with Crippen molar-refractivity contribution in [2.75, 3.05) is 49.6 Å². The molecule has 1 spiro atoms. The number of anilines is 3. The fourth-order valence-electron chi connectivity index (χ4n) is 7.56. The largest absolute Gasteiger partial charge is 0.389 e. The van der Waals surface area contributed by atoms with Gasteiger partial charge in [-0.05, 0) is 55.7 Å². The van der Waals surface area contributed by atoms with Gasteiger partial charge in [-0.25, -0.2) is 14.4 Å². The van der Waals surface area contributed by atoms with Gasteiger partial charge in [-0.2, -0.15) is 5.26 Å². The quantitative estimate of drug-likeness (QED) is 0.338. The van der Waals surface area contributed by atoms with Crippen LogP contribution in [-0.2, 0) is 11.2 Å². The molecule has 4 aromatic rings. The fraction of sp³-hybridized carbons (Fsp3) is 0.438. The smallest absolute Gasteiger partial charge is 0.236 e. The summed E-state index contributed by atoms with van der Waals surface area (Å²) < 4.78 is 15.7. The van der Waals surface area contributed by atoms with Crippen LogP contribution in [0.5, 0.6) is 0 Å². The molecule has 8 rings (SSSR count). The van der Waals surface area contributed by atoms with Gasteiger partial charge >= 0.3 is 0 Å². The molecule has 1 saturated carbocycles. The number of nitriles is 1. The average molecular weight is 613 g/mol. The minimum absolute atomic E-state index is 0.116. The first-order valence-electron chi connectivity index (χ1n) is 15.1. The van der Waals surface area contributed by atoms with Crippen molar-refractivity contribution in [1.82, 2.24) is 24.2 Å². The number of hydrogen-bond acceptors (Lipinski definition) is 9. The highest BCUT2D eigenvalue weighted by atomic mass is 32.1. The molecule has 12 heteroatoms. The van der Waals surface area contributed by atoms with Crippen molar-refractivity contribution >= 4 is 39.5 Å². The number of nitrogens with zero attached hydrogens (tertiary/aromatic N) is 8. The summed E-state index contributed by atoms with van der Waals surface area (Å²) in [6.45, 7) is 7.34. The molecule has 10 nitrogen and oxygen atoms in total. The number of imidazole rings is 1. The molecule has 1 N–H and O–H groups in total. The lowest BCUT2D eigenvalue weighted by Gasteiger charge is -2.48. The van der Waals surface area contributed by atoms with Crippen molar-refractivity contribution in [2.24, 2.45) is 5.41 Å². The number of carbonyl (C=O) groups excluding carboxylic acids is 1. The van der Waals surface area contributed by atoms with Gasteiger partial charge in [-0.3, -0.25) is 14.1 Å². The van der Waals surface area contributed by atoms with E-state index in [-0.39, 0.29) is 23.2 Å². The number of fused-ring (bicyclic) bond motifs is 1. The van der Waals surface area contributed by atoms with Crippen molar-refractivity contribution in [3.8, 4) is 17.3 Å². The summed E-state index contributed by atoms with van der Waals surface area (Å²) >= 11 is 1.31. The summed E-state index contributed by atoms with van der Waals surface area (Å²) in [4.78, 5) is 31.7. The lowest BCUT2D eigenvalue weighted by molar-refractivity contribution is -0.142. The van der Waals surface area contributed by atoms with E-state index in [2.05, 4.69) is 46.4 Å². The molecule has 3 aromatic heterocycles. The standard InChI is InChI=1S/C32H33FN8O2S/c1-4-23-30(37(3)31-36-28(24(11-34)44-31)19-5-7-20(33)8-6-19)40-12-21(9-18(2)29(40)35-23)41-17-32-10-25(32)38(15-26(32)41)16-27(43)39-13-22(42)14-39/h5-9,12,22,25-26,42H,4,10,13-17H2,1-3H3/t25-,26?,32-/m1/s1. The summed E-state index contributed by atoms with van der Waals surface area (Å²) in [5.41, 5.74) is 5.55. The molecular weight excluding hydrogens is 579 g/mol. The first-order chi connectivity index (χ1) is 21.2. The van der Waals surface area contributed by atoms with Gasteiger partial charge in [-0.15, -0.1) is 0 Å². The Kier molecular flexibility index (Phi) is 6.08. The van der Waals surface area contributed by atoms with Crippen LogP contribution in [0, 0.1) is 29.5 Å². The highest BCUT2D eigenvalue weighted by molar-refractivity contribution is 7.16. The number of thiazole rings is 1. The van der Waals surface area contributed by atoms with Crippen molar-refractivity contribution in [3.05, 3.63) is 58.5 Å². The molecule has 1 amide bonds. The molecule has 3 aliphatic heterocycles. The lowest BCUT2D eigenvalue weighted by atomic mass is 9.86. The Bertz CT molecular complexity index is 1860. The zero-order valence-corrected chi connectivity index (χ0v) is 25.7. The van der Waals surface area contributed by atoms with E-state index >= 15 is 0 Å². The number of rotatable bonds is 7. The maximum atomic E-state index is 13.6. The van der Waals surface area contributed by atoms with Crippen LogP contribution >= 0.6 is 11.3 Å². The van der Waals surface area contributed by atoms with Crippen LogP contribution in [0.3, 0.4) is 0 Å². The Morgan fingerprint density at radius 1 is 1.23 bits per heavy atom.